The highest BCUT2D eigenvalue weighted by Crippen LogP contribution is 2.31. The van der Waals surface area contributed by atoms with E-state index in [0.717, 1.165) is 22.7 Å². The van der Waals surface area contributed by atoms with Gasteiger partial charge in [0.25, 0.3) is 5.56 Å². The Balaban J connectivity index is 1.48. The highest BCUT2D eigenvalue weighted by Gasteiger charge is 2.30. The maximum Gasteiger partial charge on any atom is 0.416 e. The Kier molecular flexibility index (Phi) is 5.26. The van der Waals surface area contributed by atoms with Crippen LogP contribution in [0.25, 0.3) is 27.3 Å². The van der Waals surface area contributed by atoms with Crippen LogP contribution in [-0.4, -0.2) is 24.3 Å². The van der Waals surface area contributed by atoms with Gasteiger partial charge in [-0.25, -0.2) is 14.6 Å². The fraction of sp³-hybridized carbons (Fsp3) is 0.0909. The quantitative estimate of drug-likeness (QED) is 0.339. The van der Waals surface area contributed by atoms with E-state index in [9.17, 15) is 18.0 Å². The number of hydrogen-bond acceptors (Lipinski definition) is 5. The number of halogens is 4. The van der Waals surface area contributed by atoms with Crippen LogP contribution in [0.2, 0.25) is 5.02 Å². The molecule has 5 aromatic rings. The van der Waals surface area contributed by atoms with E-state index in [1.807, 2.05) is 23.6 Å². The van der Waals surface area contributed by atoms with Crippen LogP contribution in [-0.2, 0) is 12.7 Å². The van der Waals surface area contributed by atoms with Gasteiger partial charge in [-0.05, 0) is 24.3 Å². The van der Waals surface area contributed by atoms with Gasteiger partial charge in [-0.1, -0.05) is 35.9 Å². The molecule has 0 N–H and O–H groups in total. The summed E-state index contributed by atoms with van der Waals surface area (Å²) in [5.74, 6) is 0. The van der Waals surface area contributed by atoms with Crippen molar-refractivity contribution < 1.29 is 13.2 Å². The van der Waals surface area contributed by atoms with E-state index in [-0.39, 0.29) is 28.8 Å². The van der Waals surface area contributed by atoms with Gasteiger partial charge in [-0.2, -0.15) is 18.3 Å². The first-order chi connectivity index (χ1) is 15.8. The summed E-state index contributed by atoms with van der Waals surface area (Å²) < 4.78 is 41.8. The summed E-state index contributed by atoms with van der Waals surface area (Å²) in [5.41, 5.74) is 0.612. The van der Waals surface area contributed by atoms with Crippen LogP contribution in [0.15, 0.2) is 71.2 Å². The van der Waals surface area contributed by atoms with Crippen molar-refractivity contribution in [2.75, 3.05) is 0 Å². The van der Waals surface area contributed by atoms with Gasteiger partial charge >= 0.3 is 6.18 Å². The molecule has 166 valence electrons. The van der Waals surface area contributed by atoms with Gasteiger partial charge in [0, 0.05) is 10.9 Å². The summed E-state index contributed by atoms with van der Waals surface area (Å²) in [4.78, 5) is 21.8. The second kappa shape index (κ2) is 8.13. The van der Waals surface area contributed by atoms with Gasteiger partial charge in [-0.3, -0.25) is 9.36 Å². The lowest BCUT2D eigenvalue weighted by Crippen LogP contribution is -2.21. The molecule has 0 spiro atoms. The Hall–Kier alpha value is -3.50. The number of benzene rings is 2. The highest BCUT2D eigenvalue weighted by atomic mass is 35.5. The largest absolute Gasteiger partial charge is 0.416 e. The van der Waals surface area contributed by atoms with E-state index < -0.39 is 11.7 Å². The molecule has 0 aliphatic carbocycles. The summed E-state index contributed by atoms with van der Waals surface area (Å²) >= 11 is 7.65. The van der Waals surface area contributed by atoms with E-state index in [4.69, 9.17) is 11.6 Å². The summed E-state index contributed by atoms with van der Waals surface area (Å²) in [6.45, 7) is 0.178. The molecule has 0 amide bonds. The monoisotopic (exact) mass is 487 g/mol. The third-order valence-corrected chi connectivity index (χ3v) is 6.21. The molecule has 0 radical (unpaired) electrons. The van der Waals surface area contributed by atoms with Gasteiger partial charge in [0.2, 0.25) is 0 Å². The molecule has 0 atom stereocenters. The molecule has 0 aliphatic rings. The van der Waals surface area contributed by atoms with E-state index in [1.54, 1.807) is 6.07 Å². The van der Waals surface area contributed by atoms with Crippen LogP contribution in [0.5, 0.6) is 0 Å². The van der Waals surface area contributed by atoms with Crippen molar-refractivity contribution >= 4 is 34.0 Å². The predicted octanol–water partition coefficient (Wildman–Crippen LogP) is 5.43. The van der Waals surface area contributed by atoms with Crippen LogP contribution in [0.1, 0.15) is 11.3 Å². The Morgan fingerprint density at radius 3 is 2.70 bits per heavy atom. The van der Waals surface area contributed by atoms with Crippen LogP contribution in [0.3, 0.4) is 0 Å². The highest BCUT2D eigenvalue weighted by molar-refractivity contribution is 7.13. The third kappa shape index (κ3) is 4.03. The summed E-state index contributed by atoms with van der Waals surface area (Å²) in [6.07, 6.45) is -1.85. The molecule has 0 fully saturated rings. The molecule has 33 heavy (non-hydrogen) atoms. The first-order valence-corrected chi connectivity index (χ1v) is 10.9. The fourth-order valence-corrected chi connectivity index (χ4v) is 4.51. The lowest BCUT2D eigenvalue weighted by atomic mass is 10.2. The maximum atomic E-state index is 13.1. The summed E-state index contributed by atoms with van der Waals surface area (Å²) in [6, 6.07) is 12.0. The number of fused-ring (bicyclic) bond motifs is 1. The van der Waals surface area contributed by atoms with Crippen LogP contribution in [0.4, 0.5) is 13.2 Å². The minimum atomic E-state index is -4.49. The lowest BCUT2D eigenvalue weighted by molar-refractivity contribution is -0.137. The van der Waals surface area contributed by atoms with Crippen molar-refractivity contribution in [1.29, 1.82) is 0 Å². The number of aromatic nitrogens is 5. The number of nitrogens with zero attached hydrogens (tertiary/aromatic N) is 5. The smallest absolute Gasteiger partial charge is 0.292 e. The summed E-state index contributed by atoms with van der Waals surface area (Å²) in [7, 11) is 0. The number of thiazole rings is 1. The molecule has 3 aromatic heterocycles. The number of hydrogen-bond donors (Lipinski definition) is 0. The number of rotatable bonds is 4. The van der Waals surface area contributed by atoms with Gasteiger partial charge < -0.3 is 0 Å². The number of alkyl halides is 3. The van der Waals surface area contributed by atoms with Crippen molar-refractivity contribution in [2.24, 2.45) is 0 Å². The van der Waals surface area contributed by atoms with Crippen LogP contribution < -0.4 is 5.56 Å². The molecule has 0 saturated heterocycles. The molecule has 3 heterocycles. The molecule has 0 aliphatic heterocycles. The van der Waals surface area contributed by atoms with Crippen LogP contribution >= 0.6 is 22.9 Å². The zero-order valence-electron chi connectivity index (χ0n) is 16.6. The molecular weight excluding hydrogens is 475 g/mol. The molecule has 5 rings (SSSR count). The third-order valence-electron chi connectivity index (χ3n) is 4.96. The molecular formula is C22H13ClF3N5OS. The molecule has 2 aromatic carbocycles. The average molecular weight is 488 g/mol. The maximum absolute atomic E-state index is 13.1. The zero-order chi connectivity index (χ0) is 23.2. The van der Waals surface area contributed by atoms with E-state index in [1.165, 1.54) is 45.2 Å². The average Bonchev–Trinajstić information content (AvgIpc) is 3.43. The van der Waals surface area contributed by atoms with E-state index in [0.29, 0.717) is 10.7 Å². The van der Waals surface area contributed by atoms with Crippen molar-refractivity contribution in [1.82, 2.24) is 24.3 Å². The summed E-state index contributed by atoms with van der Waals surface area (Å²) in [5, 5.41) is 7.44. The Morgan fingerprint density at radius 2 is 1.91 bits per heavy atom. The SMILES string of the molecule is O=c1c2cnn(-c3cccc(C(F)(F)F)c3)c2ncn1Cc1csc(-c2ccccc2Cl)n1. The Bertz CT molecular complexity index is 1540. The van der Waals surface area contributed by atoms with Crippen molar-refractivity contribution in [3.8, 4) is 16.3 Å². The Morgan fingerprint density at radius 1 is 1.09 bits per heavy atom. The van der Waals surface area contributed by atoms with E-state index >= 15 is 0 Å². The standard InChI is InChI=1S/C22H13ClF3N5OS/c23-18-7-2-1-6-16(18)20-29-14(11-33-20)10-30-12-27-19-17(21(30)32)9-28-31(19)15-5-3-4-13(8-15)22(24,25)26/h1-9,11-12H,10H2. The molecule has 6 nitrogen and oxygen atoms in total. The molecule has 0 bridgehead atoms. The molecule has 0 unspecified atom stereocenters. The lowest BCUT2D eigenvalue weighted by Gasteiger charge is -2.09. The van der Waals surface area contributed by atoms with E-state index in [2.05, 4.69) is 15.1 Å². The second-order valence-electron chi connectivity index (χ2n) is 7.14. The molecule has 0 saturated carbocycles. The fourth-order valence-electron chi connectivity index (χ4n) is 3.38. The first-order valence-electron chi connectivity index (χ1n) is 9.61. The predicted molar refractivity (Wildman–Crippen MR) is 120 cm³/mol. The van der Waals surface area contributed by atoms with Gasteiger partial charge in [0.15, 0.2) is 5.65 Å². The molecule has 11 heteroatoms. The van der Waals surface area contributed by atoms with Crippen molar-refractivity contribution in [3.05, 3.63) is 93.1 Å². The van der Waals surface area contributed by atoms with Gasteiger partial charge in [0.05, 0.1) is 34.7 Å². The first kappa shape index (κ1) is 21.4. The minimum absolute atomic E-state index is 0.161. The van der Waals surface area contributed by atoms with Gasteiger partial charge in [-0.15, -0.1) is 11.3 Å². The van der Waals surface area contributed by atoms with Crippen molar-refractivity contribution in [3.63, 3.8) is 0 Å². The topological polar surface area (TPSA) is 65.6 Å². The Labute approximate surface area is 193 Å². The minimum Gasteiger partial charge on any atom is -0.292 e. The van der Waals surface area contributed by atoms with Gasteiger partial charge in [0.1, 0.15) is 16.7 Å². The normalized spacial score (nSPS) is 11.9. The zero-order valence-corrected chi connectivity index (χ0v) is 18.2. The van der Waals surface area contributed by atoms with Crippen molar-refractivity contribution in [2.45, 2.75) is 12.7 Å². The van der Waals surface area contributed by atoms with Crippen LogP contribution in [0, 0.1) is 0 Å². The second-order valence-corrected chi connectivity index (χ2v) is 8.41.